The van der Waals surface area contributed by atoms with Gasteiger partial charge in [0, 0.05) is 23.4 Å². The Bertz CT molecular complexity index is 855. The van der Waals surface area contributed by atoms with Crippen molar-refractivity contribution in [3.05, 3.63) is 57.2 Å². The molecule has 4 rings (SSSR count). The third kappa shape index (κ3) is 2.74. The lowest BCUT2D eigenvalue weighted by Crippen LogP contribution is -2.26. The van der Waals surface area contributed by atoms with Gasteiger partial charge < -0.3 is 5.73 Å². The van der Waals surface area contributed by atoms with Crippen molar-refractivity contribution in [2.45, 2.75) is 25.2 Å². The average molecular weight is 401 g/mol. The highest BCUT2D eigenvalue weighted by molar-refractivity contribution is 9.11. The third-order valence-electron chi connectivity index (χ3n) is 4.81. The number of rotatable bonds is 4. The number of thiazole rings is 1. The molecule has 24 heavy (non-hydrogen) atoms. The summed E-state index contributed by atoms with van der Waals surface area (Å²) in [4.78, 5) is 12.8. The molecule has 0 amide bonds. The molecule has 2 N–H and O–H groups in total. The Morgan fingerprint density at radius 2 is 1.71 bits per heavy atom. The van der Waals surface area contributed by atoms with Gasteiger partial charge >= 0.3 is 0 Å². The van der Waals surface area contributed by atoms with Crippen LogP contribution in [-0.4, -0.2) is 15.0 Å². The van der Waals surface area contributed by atoms with Crippen LogP contribution in [0.15, 0.2) is 46.6 Å². The summed E-state index contributed by atoms with van der Waals surface area (Å²) in [7, 11) is 0. The van der Waals surface area contributed by atoms with E-state index in [0.29, 0.717) is 11.9 Å². The first-order valence-corrected chi connectivity index (χ1v) is 9.48. The molecule has 1 aliphatic carbocycles. The molecule has 0 radical (unpaired) electrons. The first kappa shape index (κ1) is 15.7. The fraction of sp³-hybridized carbons (Fsp3) is 0.278. The monoisotopic (exact) mass is 400 g/mol. The summed E-state index contributed by atoms with van der Waals surface area (Å²) in [6.07, 6.45) is 7.95. The Balaban J connectivity index is 1.71. The van der Waals surface area contributed by atoms with Gasteiger partial charge in [0.1, 0.15) is 5.01 Å². The average Bonchev–Trinajstić information content (AvgIpc) is 3.37. The molecule has 0 saturated heterocycles. The highest BCUT2D eigenvalue weighted by Crippen LogP contribution is 2.52. The van der Waals surface area contributed by atoms with Gasteiger partial charge in [-0.3, -0.25) is 0 Å². The van der Waals surface area contributed by atoms with E-state index in [-0.39, 0.29) is 5.41 Å². The van der Waals surface area contributed by atoms with E-state index in [1.54, 1.807) is 23.7 Å². The van der Waals surface area contributed by atoms with Gasteiger partial charge in [-0.05, 0) is 52.7 Å². The summed E-state index contributed by atoms with van der Waals surface area (Å²) in [5.41, 5.74) is 8.92. The molecule has 0 bridgehead atoms. The van der Waals surface area contributed by atoms with E-state index in [1.165, 1.54) is 23.4 Å². The van der Waals surface area contributed by atoms with Crippen LogP contribution in [0.25, 0.3) is 11.1 Å². The molecular formula is C18H17BrN4S. The van der Waals surface area contributed by atoms with E-state index in [0.717, 1.165) is 14.9 Å². The number of nitrogens with zero attached hydrogens (tertiary/aromatic N) is 3. The highest BCUT2D eigenvalue weighted by atomic mass is 79.9. The zero-order valence-electron chi connectivity index (χ0n) is 13.2. The SMILES string of the molecule is CC(c1ccc(-c2cnc(N)nc2)cc1)(c1ncc(Br)s1)C1CC1. The molecule has 1 fully saturated rings. The molecule has 6 heteroatoms. The first-order chi connectivity index (χ1) is 11.6. The molecule has 1 aromatic carbocycles. The van der Waals surface area contributed by atoms with Gasteiger partial charge in [-0.2, -0.15) is 0 Å². The maximum Gasteiger partial charge on any atom is 0.219 e. The number of benzene rings is 1. The van der Waals surface area contributed by atoms with Crippen LogP contribution < -0.4 is 5.73 Å². The zero-order chi connectivity index (χ0) is 16.7. The van der Waals surface area contributed by atoms with Gasteiger partial charge in [0.15, 0.2) is 0 Å². The van der Waals surface area contributed by atoms with E-state index < -0.39 is 0 Å². The minimum absolute atomic E-state index is 0.0210. The van der Waals surface area contributed by atoms with Crippen LogP contribution in [0.2, 0.25) is 0 Å². The minimum atomic E-state index is -0.0210. The Labute approximate surface area is 153 Å². The van der Waals surface area contributed by atoms with Crippen molar-refractivity contribution in [2.24, 2.45) is 5.92 Å². The predicted octanol–water partition coefficient (Wildman–Crippen LogP) is 4.66. The topological polar surface area (TPSA) is 64.7 Å². The summed E-state index contributed by atoms with van der Waals surface area (Å²) >= 11 is 5.28. The Morgan fingerprint density at radius 3 is 2.25 bits per heavy atom. The van der Waals surface area contributed by atoms with Crippen molar-refractivity contribution < 1.29 is 0 Å². The lowest BCUT2D eigenvalue weighted by atomic mass is 9.78. The quantitative estimate of drug-likeness (QED) is 0.691. The number of hydrogen-bond acceptors (Lipinski definition) is 5. The molecule has 2 heterocycles. The molecule has 4 nitrogen and oxygen atoms in total. The second kappa shape index (κ2) is 5.93. The minimum Gasteiger partial charge on any atom is -0.368 e. The summed E-state index contributed by atoms with van der Waals surface area (Å²) in [6, 6.07) is 8.68. The fourth-order valence-corrected chi connectivity index (χ4v) is 4.64. The van der Waals surface area contributed by atoms with Crippen LogP contribution in [0.3, 0.4) is 0 Å². The lowest BCUT2D eigenvalue weighted by Gasteiger charge is -2.28. The molecule has 0 spiro atoms. The maximum atomic E-state index is 5.56. The van der Waals surface area contributed by atoms with Crippen molar-refractivity contribution in [3.63, 3.8) is 0 Å². The van der Waals surface area contributed by atoms with E-state index in [4.69, 9.17) is 5.73 Å². The largest absolute Gasteiger partial charge is 0.368 e. The van der Waals surface area contributed by atoms with E-state index in [2.05, 4.69) is 62.1 Å². The van der Waals surface area contributed by atoms with Gasteiger partial charge in [-0.25, -0.2) is 15.0 Å². The summed E-state index contributed by atoms with van der Waals surface area (Å²) < 4.78 is 1.08. The van der Waals surface area contributed by atoms with Crippen LogP contribution in [0.1, 0.15) is 30.3 Å². The van der Waals surface area contributed by atoms with Crippen molar-refractivity contribution in [2.75, 3.05) is 5.73 Å². The smallest absolute Gasteiger partial charge is 0.219 e. The molecule has 1 aliphatic rings. The normalized spacial score (nSPS) is 16.8. The number of halogens is 1. The number of hydrogen-bond donors (Lipinski definition) is 1. The molecule has 122 valence electrons. The second-order valence-electron chi connectivity index (χ2n) is 6.35. The van der Waals surface area contributed by atoms with Crippen LogP contribution in [0.5, 0.6) is 0 Å². The van der Waals surface area contributed by atoms with Crippen LogP contribution in [0.4, 0.5) is 5.95 Å². The third-order valence-corrected chi connectivity index (χ3v) is 6.52. The van der Waals surface area contributed by atoms with Crippen LogP contribution in [0, 0.1) is 5.92 Å². The van der Waals surface area contributed by atoms with E-state index >= 15 is 0 Å². The van der Waals surface area contributed by atoms with Crippen LogP contribution >= 0.6 is 27.3 Å². The number of nitrogens with two attached hydrogens (primary N) is 1. The van der Waals surface area contributed by atoms with Gasteiger partial charge in [0.2, 0.25) is 5.95 Å². The van der Waals surface area contributed by atoms with Crippen molar-refractivity contribution >= 4 is 33.2 Å². The van der Waals surface area contributed by atoms with E-state index in [1.807, 2.05) is 6.20 Å². The Morgan fingerprint density at radius 1 is 1.04 bits per heavy atom. The maximum absolute atomic E-state index is 5.56. The van der Waals surface area contributed by atoms with Gasteiger partial charge in [0.25, 0.3) is 0 Å². The Kier molecular flexibility index (Phi) is 3.89. The van der Waals surface area contributed by atoms with Gasteiger partial charge in [-0.1, -0.05) is 24.3 Å². The van der Waals surface area contributed by atoms with Crippen molar-refractivity contribution in [1.29, 1.82) is 0 Å². The molecule has 1 atom stereocenters. The molecule has 1 saturated carbocycles. The Hall–Kier alpha value is -1.79. The van der Waals surface area contributed by atoms with Crippen LogP contribution in [-0.2, 0) is 5.41 Å². The summed E-state index contributed by atoms with van der Waals surface area (Å²) in [6.45, 7) is 2.32. The summed E-state index contributed by atoms with van der Waals surface area (Å²) in [5.74, 6) is 0.965. The lowest BCUT2D eigenvalue weighted by molar-refractivity contribution is 0.492. The van der Waals surface area contributed by atoms with Crippen molar-refractivity contribution in [1.82, 2.24) is 15.0 Å². The molecule has 1 unspecified atom stereocenters. The highest BCUT2D eigenvalue weighted by Gasteiger charge is 2.46. The predicted molar refractivity (Wildman–Crippen MR) is 101 cm³/mol. The molecule has 0 aliphatic heterocycles. The number of aromatic nitrogens is 3. The molecular weight excluding hydrogens is 384 g/mol. The second-order valence-corrected chi connectivity index (χ2v) is 8.76. The number of anilines is 1. The standard InChI is InChI=1S/C18H17BrN4S/c1-18(14-6-7-14,16-21-10-15(19)24-16)13-4-2-11(3-5-13)12-8-22-17(20)23-9-12/h2-5,8-10,14H,6-7H2,1H3,(H2,20,22,23). The molecule has 3 aromatic rings. The van der Waals surface area contributed by atoms with Gasteiger partial charge in [0.05, 0.1) is 9.98 Å². The van der Waals surface area contributed by atoms with E-state index in [9.17, 15) is 0 Å². The molecule has 2 aromatic heterocycles. The fourth-order valence-electron chi connectivity index (χ4n) is 3.19. The first-order valence-electron chi connectivity index (χ1n) is 7.87. The van der Waals surface area contributed by atoms with Crippen molar-refractivity contribution in [3.8, 4) is 11.1 Å². The van der Waals surface area contributed by atoms with Gasteiger partial charge in [-0.15, -0.1) is 11.3 Å². The zero-order valence-corrected chi connectivity index (χ0v) is 15.6. The number of nitrogen functional groups attached to an aromatic ring is 1. The summed E-state index contributed by atoms with van der Waals surface area (Å²) in [5, 5.41) is 1.18.